The van der Waals surface area contributed by atoms with Gasteiger partial charge in [-0.25, -0.2) is 0 Å². The second-order valence-electron chi connectivity index (χ2n) is 15.9. The lowest BCUT2D eigenvalue weighted by molar-refractivity contribution is -0.302. The molecule has 53 heavy (non-hydrogen) atoms. The molecule has 9 heteroatoms. The van der Waals surface area contributed by atoms with Crippen molar-refractivity contribution >= 4 is 5.91 Å². The molecular formula is C44H85NO8. The van der Waals surface area contributed by atoms with Gasteiger partial charge in [-0.3, -0.25) is 4.79 Å². The summed E-state index contributed by atoms with van der Waals surface area (Å²) < 4.78 is 11.2. The van der Waals surface area contributed by atoms with Gasteiger partial charge in [-0.2, -0.15) is 0 Å². The van der Waals surface area contributed by atoms with Crippen LogP contribution in [0.1, 0.15) is 206 Å². The van der Waals surface area contributed by atoms with Crippen LogP contribution < -0.4 is 5.32 Å². The van der Waals surface area contributed by atoms with Gasteiger partial charge in [0.25, 0.3) is 0 Å². The molecule has 1 saturated heterocycles. The van der Waals surface area contributed by atoms with Gasteiger partial charge in [0.05, 0.1) is 25.4 Å². The number of aliphatic hydroxyl groups is 5. The molecule has 7 unspecified atom stereocenters. The summed E-state index contributed by atoms with van der Waals surface area (Å²) in [5.41, 5.74) is 0. The quantitative estimate of drug-likeness (QED) is 0.0272. The summed E-state index contributed by atoms with van der Waals surface area (Å²) in [4.78, 5) is 12.9. The van der Waals surface area contributed by atoms with Crippen LogP contribution >= 0.6 is 0 Å². The van der Waals surface area contributed by atoms with E-state index in [1.54, 1.807) is 6.08 Å². The van der Waals surface area contributed by atoms with E-state index in [0.717, 1.165) is 38.5 Å². The highest BCUT2D eigenvalue weighted by Gasteiger charge is 2.44. The third kappa shape index (κ3) is 26.4. The number of carbonyl (C=O) groups is 1. The molecule has 0 aromatic rings. The molecule has 0 spiro atoms. The normalized spacial score (nSPS) is 21.7. The first-order valence-electron chi connectivity index (χ1n) is 22.4. The highest BCUT2D eigenvalue weighted by molar-refractivity contribution is 5.76. The van der Waals surface area contributed by atoms with Crippen molar-refractivity contribution in [3.63, 3.8) is 0 Å². The molecule has 9 nitrogen and oxygen atoms in total. The van der Waals surface area contributed by atoms with E-state index in [1.165, 1.54) is 148 Å². The molecule has 0 aromatic heterocycles. The smallest absolute Gasteiger partial charge is 0.220 e. The Hall–Kier alpha value is -1.07. The van der Waals surface area contributed by atoms with Crippen molar-refractivity contribution in [2.45, 2.75) is 249 Å². The molecule has 0 radical (unpaired) electrons. The second-order valence-corrected chi connectivity index (χ2v) is 15.9. The Morgan fingerprint density at radius 3 is 1.47 bits per heavy atom. The molecule has 1 fully saturated rings. The van der Waals surface area contributed by atoms with Crippen molar-refractivity contribution in [2.24, 2.45) is 0 Å². The maximum absolute atomic E-state index is 12.9. The standard InChI is InChI=1S/C44H85NO8/c1-3-5-7-9-11-13-14-15-16-17-18-19-20-21-22-23-24-26-27-29-31-33-38(47)37(36-52-44-43(51)42(50)41(49)39(35-46)53-44)45-40(48)34-32-30-28-25-12-10-8-6-4-2/h31,33,37-39,41-44,46-47,49-51H,3-30,32,34-36H2,1-2H3,(H,45,48)/b33-31+. The molecule has 0 aliphatic carbocycles. The first-order valence-corrected chi connectivity index (χ1v) is 22.4. The summed E-state index contributed by atoms with van der Waals surface area (Å²) in [5.74, 6) is -0.179. The Morgan fingerprint density at radius 2 is 1.04 bits per heavy atom. The SMILES string of the molecule is CCCCCCCCCCCCCCCCCCCCC/C=C/C(O)C(COC1OC(CO)C(O)C(O)C1O)NC(=O)CCCCCCCCCCC. The number of unbranched alkanes of at least 4 members (excludes halogenated alkanes) is 27. The van der Waals surface area contributed by atoms with Crippen LogP contribution in [-0.4, -0.2) is 87.5 Å². The average molecular weight is 756 g/mol. The number of carbonyl (C=O) groups excluding carboxylic acids is 1. The molecule has 0 saturated carbocycles. The maximum atomic E-state index is 12.9. The highest BCUT2D eigenvalue weighted by atomic mass is 16.7. The second kappa shape index (κ2) is 35.4. The average Bonchev–Trinajstić information content (AvgIpc) is 3.16. The van der Waals surface area contributed by atoms with Crippen molar-refractivity contribution in [1.82, 2.24) is 5.32 Å². The maximum Gasteiger partial charge on any atom is 0.220 e. The minimum absolute atomic E-state index is 0.179. The molecule has 1 aliphatic heterocycles. The van der Waals surface area contributed by atoms with E-state index in [-0.39, 0.29) is 12.5 Å². The fourth-order valence-electron chi connectivity index (χ4n) is 7.21. The van der Waals surface area contributed by atoms with Gasteiger partial charge in [0, 0.05) is 6.42 Å². The molecule has 6 N–H and O–H groups in total. The van der Waals surface area contributed by atoms with E-state index in [1.807, 2.05) is 6.08 Å². The summed E-state index contributed by atoms with van der Waals surface area (Å²) in [7, 11) is 0. The first-order chi connectivity index (χ1) is 25.8. The van der Waals surface area contributed by atoms with Crippen LogP contribution in [0.3, 0.4) is 0 Å². The van der Waals surface area contributed by atoms with Crippen molar-refractivity contribution < 1.29 is 39.8 Å². The Labute approximate surface area is 325 Å². The van der Waals surface area contributed by atoms with Gasteiger partial charge in [-0.05, 0) is 19.3 Å². The Morgan fingerprint density at radius 1 is 0.623 bits per heavy atom. The van der Waals surface area contributed by atoms with Crippen molar-refractivity contribution in [1.29, 1.82) is 0 Å². The van der Waals surface area contributed by atoms with Crippen LogP contribution in [0.25, 0.3) is 0 Å². The zero-order valence-corrected chi connectivity index (χ0v) is 34.3. The summed E-state index contributed by atoms with van der Waals surface area (Å²) in [6.07, 6.45) is 32.7. The molecule has 314 valence electrons. The van der Waals surface area contributed by atoms with E-state index in [9.17, 15) is 30.3 Å². The monoisotopic (exact) mass is 756 g/mol. The Bertz CT molecular complexity index is 842. The minimum Gasteiger partial charge on any atom is -0.394 e. The van der Waals surface area contributed by atoms with E-state index < -0.39 is 49.5 Å². The topological polar surface area (TPSA) is 149 Å². The molecule has 1 heterocycles. The number of ether oxygens (including phenoxy) is 2. The van der Waals surface area contributed by atoms with E-state index in [4.69, 9.17) is 9.47 Å². The van der Waals surface area contributed by atoms with Crippen molar-refractivity contribution in [2.75, 3.05) is 13.2 Å². The third-order valence-electron chi connectivity index (χ3n) is 10.9. The van der Waals surface area contributed by atoms with E-state index in [0.29, 0.717) is 6.42 Å². The summed E-state index contributed by atoms with van der Waals surface area (Å²) in [6.45, 7) is 3.75. The van der Waals surface area contributed by atoms with Crippen molar-refractivity contribution in [3.8, 4) is 0 Å². The summed E-state index contributed by atoms with van der Waals surface area (Å²) >= 11 is 0. The van der Waals surface area contributed by atoms with Crippen LogP contribution in [0, 0.1) is 0 Å². The molecule has 0 bridgehead atoms. The molecule has 1 rings (SSSR count). The zero-order valence-electron chi connectivity index (χ0n) is 34.3. The number of nitrogens with one attached hydrogen (secondary N) is 1. The number of rotatable bonds is 37. The van der Waals surface area contributed by atoms with Crippen LogP contribution in [0.2, 0.25) is 0 Å². The van der Waals surface area contributed by atoms with Gasteiger partial charge >= 0.3 is 0 Å². The van der Waals surface area contributed by atoms with Crippen molar-refractivity contribution in [3.05, 3.63) is 12.2 Å². The third-order valence-corrected chi connectivity index (χ3v) is 10.9. The Kier molecular flexibility index (Phi) is 33.3. The predicted octanol–water partition coefficient (Wildman–Crippen LogP) is 8.95. The molecular weight excluding hydrogens is 670 g/mol. The van der Waals surface area contributed by atoms with Gasteiger partial charge in [0.2, 0.25) is 5.91 Å². The Balaban J connectivity index is 2.30. The first kappa shape index (κ1) is 49.9. The molecule has 7 atom stereocenters. The zero-order chi connectivity index (χ0) is 38.8. The van der Waals surface area contributed by atoms with Gasteiger partial charge in [-0.15, -0.1) is 0 Å². The number of hydrogen-bond acceptors (Lipinski definition) is 8. The molecule has 1 aliphatic rings. The summed E-state index contributed by atoms with van der Waals surface area (Å²) in [6, 6.07) is -0.796. The van der Waals surface area contributed by atoms with Gasteiger partial charge in [0.15, 0.2) is 6.29 Å². The van der Waals surface area contributed by atoms with E-state index >= 15 is 0 Å². The van der Waals surface area contributed by atoms with E-state index in [2.05, 4.69) is 19.2 Å². The molecule has 1 amide bonds. The highest BCUT2D eigenvalue weighted by Crippen LogP contribution is 2.23. The fraction of sp³-hybridized carbons (Fsp3) is 0.932. The van der Waals surface area contributed by atoms with Crippen LogP contribution in [0.4, 0.5) is 0 Å². The summed E-state index contributed by atoms with van der Waals surface area (Å²) in [5, 5.41) is 54.0. The largest absolute Gasteiger partial charge is 0.394 e. The molecule has 0 aromatic carbocycles. The minimum atomic E-state index is -1.56. The predicted molar refractivity (Wildman–Crippen MR) is 217 cm³/mol. The number of amides is 1. The van der Waals surface area contributed by atoms with Gasteiger partial charge < -0.3 is 40.3 Å². The van der Waals surface area contributed by atoms with Crippen LogP contribution in [0.15, 0.2) is 12.2 Å². The van der Waals surface area contributed by atoms with Gasteiger partial charge in [0.1, 0.15) is 24.4 Å². The van der Waals surface area contributed by atoms with Crippen LogP contribution in [-0.2, 0) is 14.3 Å². The number of hydrogen-bond donors (Lipinski definition) is 6. The fourth-order valence-corrected chi connectivity index (χ4v) is 7.21. The number of allylic oxidation sites excluding steroid dienone is 1. The number of aliphatic hydroxyl groups excluding tert-OH is 5. The van der Waals surface area contributed by atoms with Gasteiger partial charge in [-0.1, -0.05) is 193 Å². The van der Waals surface area contributed by atoms with Crippen LogP contribution in [0.5, 0.6) is 0 Å². The lowest BCUT2D eigenvalue weighted by atomic mass is 9.99. The lowest BCUT2D eigenvalue weighted by Gasteiger charge is -2.40. The lowest BCUT2D eigenvalue weighted by Crippen LogP contribution is -2.60.